The molecule has 5 aromatic carbocycles. The summed E-state index contributed by atoms with van der Waals surface area (Å²) in [5, 5.41) is 7.60. The Bertz CT molecular complexity index is 1570. The minimum Gasteiger partial charge on any atom is -0.466 e. The van der Waals surface area contributed by atoms with E-state index in [1.807, 2.05) is 53.4 Å². The van der Waals surface area contributed by atoms with Gasteiger partial charge in [-0.2, -0.15) is 0 Å². The third-order valence-corrected chi connectivity index (χ3v) is 6.79. The molecule has 0 fully saturated rings. The van der Waals surface area contributed by atoms with Crippen LogP contribution in [0.5, 0.6) is 5.75 Å². The number of carbonyl (C=O) groups excluding carboxylic acids is 1. The number of amides is 2. The van der Waals surface area contributed by atoms with Crippen molar-refractivity contribution in [3.63, 3.8) is 0 Å². The lowest BCUT2D eigenvalue weighted by atomic mass is 9.86. The van der Waals surface area contributed by atoms with E-state index in [0.717, 1.165) is 49.7 Å². The van der Waals surface area contributed by atoms with Gasteiger partial charge in [-0.3, -0.25) is 4.90 Å². The third kappa shape index (κ3) is 2.61. The van der Waals surface area contributed by atoms with Crippen LogP contribution in [0.25, 0.3) is 21.5 Å². The number of nitrogens with zero attached hydrogens (tertiary/aromatic N) is 1. The van der Waals surface area contributed by atoms with Crippen molar-refractivity contribution in [2.45, 2.75) is 12.3 Å². The lowest BCUT2D eigenvalue weighted by Gasteiger charge is -2.46. The van der Waals surface area contributed by atoms with Crippen LogP contribution in [-0.4, -0.2) is 10.9 Å². The van der Waals surface area contributed by atoms with E-state index in [1.165, 1.54) is 0 Å². The smallest absolute Gasteiger partial charge is 0.325 e. The van der Waals surface area contributed by atoms with Crippen LogP contribution in [0.1, 0.15) is 29.0 Å². The Morgan fingerprint density at radius 3 is 2.21 bits per heavy atom. The number of fused-ring (bicyclic) bond motifs is 7. The van der Waals surface area contributed by atoms with Crippen molar-refractivity contribution in [2.75, 3.05) is 5.32 Å². The fraction of sp³-hybridized carbons (Fsp3) is 0.0690. The summed E-state index contributed by atoms with van der Waals surface area (Å²) in [6.45, 7) is 0. The zero-order valence-corrected chi connectivity index (χ0v) is 17.7. The van der Waals surface area contributed by atoms with Gasteiger partial charge < -0.3 is 10.1 Å². The maximum absolute atomic E-state index is 13.6. The number of para-hydroxylation sites is 1. The highest BCUT2D eigenvalue weighted by atomic mass is 16.5. The highest BCUT2D eigenvalue weighted by molar-refractivity contribution is 5.97. The van der Waals surface area contributed by atoms with E-state index in [1.54, 1.807) is 0 Å². The summed E-state index contributed by atoms with van der Waals surface area (Å²) in [5.74, 6) is 0.817. The molecule has 2 atom stereocenters. The van der Waals surface area contributed by atoms with Gasteiger partial charge in [0.1, 0.15) is 5.75 Å². The Morgan fingerprint density at radius 1 is 0.667 bits per heavy atom. The van der Waals surface area contributed by atoms with Crippen molar-refractivity contribution in [1.29, 1.82) is 0 Å². The van der Waals surface area contributed by atoms with Crippen LogP contribution in [0.2, 0.25) is 0 Å². The molecule has 5 aromatic rings. The SMILES string of the molecule is O=C1Nc2ccccc2[C@H]2Oc3ccc4ccccc4c3[C@H](c3cccc4ccccc34)N12. The van der Waals surface area contributed by atoms with Crippen molar-refractivity contribution in [1.82, 2.24) is 4.90 Å². The molecule has 4 heteroatoms. The number of benzene rings is 5. The molecule has 2 aliphatic rings. The highest BCUT2D eigenvalue weighted by Crippen LogP contribution is 2.51. The van der Waals surface area contributed by atoms with Gasteiger partial charge in [0, 0.05) is 11.1 Å². The monoisotopic (exact) mass is 428 g/mol. The van der Waals surface area contributed by atoms with Gasteiger partial charge in [-0.25, -0.2) is 4.79 Å². The van der Waals surface area contributed by atoms with Gasteiger partial charge in [-0.05, 0) is 39.2 Å². The summed E-state index contributed by atoms with van der Waals surface area (Å²) in [5.41, 5.74) is 3.87. The van der Waals surface area contributed by atoms with E-state index >= 15 is 0 Å². The van der Waals surface area contributed by atoms with Gasteiger partial charge in [0.25, 0.3) is 0 Å². The predicted octanol–water partition coefficient (Wildman–Crippen LogP) is 7.02. The van der Waals surface area contributed by atoms with Crippen LogP contribution in [0.4, 0.5) is 10.5 Å². The second-order valence-electron chi connectivity index (χ2n) is 8.56. The molecule has 0 aromatic heterocycles. The van der Waals surface area contributed by atoms with Crippen LogP contribution in [0, 0.1) is 0 Å². The molecule has 0 spiro atoms. The molecule has 7 rings (SSSR count). The van der Waals surface area contributed by atoms with Crippen molar-refractivity contribution in [3.8, 4) is 5.75 Å². The molecule has 2 amide bonds. The van der Waals surface area contributed by atoms with Gasteiger partial charge in [0.05, 0.1) is 11.7 Å². The highest BCUT2D eigenvalue weighted by Gasteiger charge is 2.45. The van der Waals surface area contributed by atoms with Crippen molar-refractivity contribution in [2.24, 2.45) is 0 Å². The number of hydrogen-bond acceptors (Lipinski definition) is 2. The second-order valence-corrected chi connectivity index (χ2v) is 8.56. The first-order valence-corrected chi connectivity index (χ1v) is 11.1. The van der Waals surface area contributed by atoms with E-state index in [0.29, 0.717) is 0 Å². The Morgan fingerprint density at radius 2 is 1.33 bits per heavy atom. The third-order valence-electron chi connectivity index (χ3n) is 6.79. The first-order chi connectivity index (χ1) is 16.3. The maximum atomic E-state index is 13.6. The minimum absolute atomic E-state index is 0.157. The van der Waals surface area contributed by atoms with Crippen LogP contribution in [0.15, 0.2) is 103 Å². The van der Waals surface area contributed by atoms with E-state index in [4.69, 9.17) is 4.74 Å². The summed E-state index contributed by atoms with van der Waals surface area (Å²) >= 11 is 0. The summed E-state index contributed by atoms with van der Waals surface area (Å²) in [6, 6.07) is 34.5. The molecule has 33 heavy (non-hydrogen) atoms. The molecule has 0 aliphatic carbocycles. The van der Waals surface area contributed by atoms with E-state index < -0.39 is 6.23 Å². The van der Waals surface area contributed by atoms with Crippen LogP contribution < -0.4 is 10.1 Å². The topological polar surface area (TPSA) is 41.6 Å². The molecule has 0 unspecified atom stereocenters. The number of nitrogens with one attached hydrogen (secondary N) is 1. The number of carbonyl (C=O) groups is 1. The summed E-state index contributed by atoms with van der Waals surface area (Å²) in [6.07, 6.45) is -0.507. The predicted molar refractivity (Wildman–Crippen MR) is 130 cm³/mol. The van der Waals surface area contributed by atoms with E-state index in [-0.39, 0.29) is 12.1 Å². The van der Waals surface area contributed by atoms with Crippen LogP contribution in [0.3, 0.4) is 0 Å². The lowest BCUT2D eigenvalue weighted by molar-refractivity contribution is 0.0147. The molecule has 158 valence electrons. The molecule has 0 bridgehead atoms. The van der Waals surface area contributed by atoms with Gasteiger partial charge in [-0.1, -0.05) is 91.0 Å². The average Bonchev–Trinajstić information content (AvgIpc) is 2.87. The number of hydrogen-bond donors (Lipinski definition) is 1. The van der Waals surface area contributed by atoms with Crippen molar-refractivity contribution >= 4 is 33.3 Å². The Hall–Kier alpha value is -4.31. The summed E-state index contributed by atoms with van der Waals surface area (Å²) < 4.78 is 6.57. The Kier molecular flexibility index (Phi) is 3.79. The fourth-order valence-electron chi connectivity index (χ4n) is 5.35. The Balaban J connectivity index is 1.58. The van der Waals surface area contributed by atoms with Gasteiger partial charge in [0.2, 0.25) is 6.23 Å². The number of urea groups is 1. The van der Waals surface area contributed by atoms with E-state index in [2.05, 4.69) is 59.9 Å². The molecule has 2 heterocycles. The maximum Gasteiger partial charge on any atom is 0.325 e. The fourth-order valence-corrected chi connectivity index (χ4v) is 5.35. The molecule has 0 radical (unpaired) electrons. The van der Waals surface area contributed by atoms with E-state index in [9.17, 15) is 4.79 Å². The zero-order chi connectivity index (χ0) is 21.9. The lowest BCUT2D eigenvalue weighted by Crippen LogP contribution is -2.49. The molecule has 2 aliphatic heterocycles. The number of ether oxygens (including phenoxy) is 1. The normalized spacial score (nSPS) is 18.8. The van der Waals surface area contributed by atoms with Crippen molar-refractivity contribution in [3.05, 3.63) is 120 Å². The quantitative estimate of drug-likeness (QED) is 0.312. The van der Waals surface area contributed by atoms with Crippen molar-refractivity contribution < 1.29 is 9.53 Å². The second kappa shape index (κ2) is 6.84. The molecular formula is C29H20N2O2. The van der Waals surface area contributed by atoms with Crippen LogP contribution in [-0.2, 0) is 0 Å². The van der Waals surface area contributed by atoms with Gasteiger partial charge in [-0.15, -0.1) is 0 Å². The number of rotatable bonds is 1. The van der Waals surface area contributed by atoms with Crippen LogP contribution >= 0.6 is 0 Å². The average molecular weight is 428 g/mol. The Labute approximate surface area is 191 Å². The first kappa shape index (κ1) is 18.3. The molecule has 1 N–H and O–H groups in total. The molecule has 0 saturated heterocycles. The first-order valence-electron chi connectivity index (χ1n) is 11.1. The molecule has 4 nitrogen and oxygen atoms in total. The summed E-state index contributed by atoms with van der Waals surface area (Å²) in [4.78, 5) is 15.5. The van der Waals surface area contributed by atoms with Gasteiger partial charge >= 0.3 is 6.03 Å². The standard InChI is InChI=1S/C29H20N2O2/c32-29-30-24-15-6-5-13-23(24)28-31(29)27(22-14-7-10-18-8-1-3-11-20(18)22)26-21-12-4-2-9-19(21)16-17-25(26)33-28/h1-17,27-28H,(H,30,32)/t27-,28+/m0/s1. The minimum atomic E-state index is -0.507. The summed E-state index contributed by atoms with van der Waals surface area (Å²) in [7, 11) is 0. The molecule has 0 saturated carbocycles. The zero-order valence-electron chi connectivity index (χ0n) is 17.7. The molecular weight excluding hydrogens is 408 g/mol. The van der Waals surface area contributed by atoms with Gasteiger partial charge in [0.15, 0.2) is 0 Å². The number of anilines is 1. The largest absolute Gasteiger partial charge is 0.466 e.